The van der Waals surface area contributed by atoms with Gasteiger partial charge in [-0.1, -0.05) is 19.0 Å². The van der Waals surface area contributed by atoms with Crippen LogP contribution in [0.15, 0.2) is 23.4 Å². The number of carbonyl (C=O) groups is 1. The van der Waals surface area contributed by atoms with E-state index in [2.05, 4.69) is 10.5 Å². The summed E-state index contributed by atoms with van der Waals surface area (Å²) in [5, 5.41) is 16.4. The van der Waals surface area contributed by atoms with Gasteiger partial charge in [-0.05, 0) is 31.0 Å². The summed E-state index contributed by atoms with van der Waals surface area (Å²) in [6.07, 6.45) is 0.144. The minimum absolute atomic E-state index is 0.0149. The number of hydrogen-bond acceptors (Lipinski definition) is 4. The van der Waals surface area contributed by atoms with Crippen LogP contribution in [0, 0.1) is 11.6 Å². The van der Waals surface area contributed by atoms with E-state index in [1.165, 1.54) is 0 Å². The second-order valence-electron chi connectivity index (χ2n) is 5.61. The number of amides is 1. The molecule has 0 saturated heterocycles. The molecule has 1 aliphatic heterocycles. The van der Waals surface area contributed by atoms with Crippen molar-refractivity contribution in [1.82, 2.24) is 5.32 Å². The van der Waals surface area contributed by atoms with Gasteiger partial charge in [-0.3, -0.25) is 4.79 Å². The van der Waals surface area contributed by atoms with Crippen molar-refractivity contribution in [3.8, 4) is 0 Å². The lowest BCUT2D eigenvalue weighted by atomic mass is 9.97. The number of nitrogens with one attached hydrogen (secondary N) is 1. The standard InChI is InChI=1S/C16H20F2N2O3/c1-3-16(22,4-2)9-19-15(21)14-8-13(20-23-14)11-7-10(17)5-6-12(11)18/h5-7,14,22H,3-4,8-9H2,1-2H3,(H,19,21). The Labute approximate surface area is 133 Å². The predicted molar refractivity (Wildman–Crippen MR) is 80.9 cm³/mol. The molecule has 1 unspecified atom stereocenters. The highest BCUT2D eigenvalue weighted by molar-refractivity contribution is 6.04. The van der Waals surface area contributed by atoms with Gasteiger partial charge in [0.2, 0.25) is 6.10 Å². The molecule has 126 valence electrons. The van der Waals surface area contributed by atoms with Crippen LogP contribution in [0.4, 0.5) is 8.78 Å². The molecular formula is C16H20F2N2O3. The van der Waals surface area contributed by atoms with E-state index in [4.69, 9.17) is 4.84 Å². The Kier molecular flexibility index (Phi) is 5.30. The van der Waals surface area contributed by atoms with Crippen molar-refractivity contribution in [3.05, 3.63) is 35.4 Å². The van der Waals surface area contributed by atoms with Gasteiger partial charge < -0.3 is 15.3 Å². The second-order valence-corrected chi connectivity index (χ2v) is 5.61. The fourth-order valence-corrected chi connectivity index (χ4v) is 2.26. The molecule has 23 heavy (non-hydrogen) atoms. The molecule has 1 aromatic rings. The van der Waals surface area contributed by atoms with Gasteiger partial charge in [0.1, 0.15) is 11.6 Å². The van der Waals surface area contributed by atoms with Gasteiger partial charge >= 0.3 is 0 Å². The third-order valence-electron chi connectivity index (χ3n) is 4.11. The fourth-order valence-electron chi connectivity index (χ4n) is 2.26. The Morgan fingerprint density at radius 1 is 1.43 bits per heavy atom. The summed E-state index contributed by atoms with van der Waals surface area (Å²) in [4.78, 5) is 17.1. The van der Waals surface area contributed by atoms with Crippen LogP contribution in [0.2, 0.25) is 0 Å². The molecular weight excluding hydrogens is 306 g/mol. The molecule has 7 heteroatoms. The van der Waals surface area contributed by atoms with Crippen molar-refractivity contribution < 1.29 is 23.5 Å². The van der Waals surface area contributed by atoms with Crippen molar-refractivity contribution >= 4 is 11.6 Å². The normalized spacial score (nSPS) is 17.6. The average molecular weight is 326 g/mol. The first-order chi connectivity index (χ1) is 10.9. The van der Waals surface area contributed by atoms with Gasteiger partial charge in [0, 0.05) is 18.5 Å². The van der Waals surface area contributed by atoms with E-state index in [9.17, 15) is 18.7 Å². The third kappa shape index (κ3) is 4.04. The quantitative estimate of drug-likeness (QED) is 0.841. The summed E-state index contributed by atoms with van der Waals surface area (Å²) in [6.45, 7) is 3.76. The van der Waals surface area contributed by atoms with Crippen LogP contribution in [-0.4, -0.2) is 35.0 Å². The fraction of sp³-hybridized carbons (Fsp3) is 0.500. The van der Waals surface area contributed by atoms with E-state index in [0.29, 0.717) is 12.8 Å². The minimum Gasteiger partial charge on any atom is -0.388 e. The monoisotopic (exact) mass is 326 g/mol. The number of hydrogen-bond donors (Lipinski definition) is 2. The molecule has 2 N–H and O–H groups in total. The number of halogens is 2. The van der Waals surface area contributed by atoms with Crippen LogP contribution in [0.1, 0.15) is 38.7 Å². The van der Waals surface area contributed by atoms with Crippen molar-refractivity contribution in [2.45, 2.75) is 44.8 Å². The molecule has 0 saturated carbocycles. The molecule has 0 spiro atoms. The number of rotatable bonds is 6. The molecule has 1 atom stereocenters. The molecule has 0 radical (unpaired) electrons. The van der Waals surface area contributed by atoms with Crippen molar-refractivity contribution in [2.24, 2.45) is 5.16 Å². The van der Waals surface area contributed by atoms with Gasteiger partial charge in [-0.2, -0.15) is 0 Å². The van der Waals surface area contributed by atoms with Gasteiger partial charge in [0.05, 0.1) is 11.3 Å². The zero-order valence-corrected chi connectivity index (χ0v) is 13.1. The Balaban J connectivity index is 1.96. The maximum absolute atomic E-state index is 13.7. The first kappa shape index (κ1) is 17.3. The topological polar surface area (TPSA) is 70.9 Å². The SMILES string of the molecule is CCC(O)(CC)CNC(=O)C1CC(c2cc(F)ccc2F)=NO1. The smallest absolute Gasteiger partial charge is 0.264 e. The van der Waals surface area contributed by atoms with Crippen LogP contribution in [-0.2, 0) is 9.63 Å². The Morgan fingerprint density at radius 2 is 2.13 bits per heavy atom. The summed E-state index contributed by atoms with van der Waals surface area (Å²) in [6, 6.07) is 3.03. The molecule has 0 fully saturated rings. The van der Waals surface area contributed by atoms with Crippen LogP contribution in [0.3, 0.4) is 0 Å². The minimum atomic E-state index is -0.966. The number of carbonyl (C=O) groups excluding carboxylic acids is 1. The van der Waals surface area contributed by atoms with Crippen molar-refractivity contribution in [3.63, 3.8) is 0 Å². The van der Waals surface area contributed by atoms with Crippen LogP contribution >= 0.6 is 0 Å². The molecule has 1 aromatic carbocycles. The van der Waals surface area contributed by atoms with E-state index >= 15 is 0 Å². The summed E-state index contributed by atoms with van der Waals surface area (Å²) in [5.41, 5.74) is -0.797. The first-order valence-electron chi connectivity index (χ1n) is 7.56. The Morgan fingerprint density at radius 3 is 2.78 bits per heavy atom. The molecule has 0 bridgehead atoms. The first-order valence-corrected chi connectivity index (χ1v) is 7.56. The summed E-state index contributed by atoms with van der Waals surface area (Å²) in [7, 11) is 0. The van der Waals surface area contributed by atoms with Crippen LogP contribution in [0.5, 0.6) is 0 Å². The second kappa shape index (κ2) is 7.04. The Bertz CT molecular complexity index is 615. The lowest BCUT2D eigenvalue weighted by molar-refractivity contribution is -0.132. The lowest BCUT2D eigenvalue weighted by Gasteiger charge is -2.25. The lowest BCUT2D eigenvalue weighted by Crippen LogP contribution is -2.45. The van der Waals surface area contributed by atoms with Crippen molar-refractivity contribution in [2.75, 3.05) is 6.54 Å². The van der Waals surface area contributed by atoms with Gasteiger partial charge in [0.25, 0.3) is 5.91 Å². The van der Waals surface area contributed by atoms with Crippen LogP contribution in [0.25, 0.3) is 0 Å². The van der Waals surface area contributed by atoms with E-state index in [1.54, 1.807) is 0 Å². The largest absolute Gasteiger partial charge is 0.388 e. The van der Waals surface area contributed by atoms with E-state index in [-0.39, 0.29) is 24.2 Å². The molecule has 1 aliphatic rings. The van der Waals surface area contributed by atoms with Gasteiger partial charge in [-0.25, -0.2) is 8.78 Å². The molecule has 0 aliphatic carbocycles. The number of aliphatic hydroxyl groups is 1. The maximum atomic E-state index is 13.7. The number of oxime groups is 1. The highest BCUT2D eigenvalue weighted by Crippen LogP contribution is 2.20. The third-order valence-corrected chi connectivity index (χ3v) is 4.11. The van der Waals surface area contributed by atoms with Crippen molar-refractivity contribution in [1.29, 1.82) is 0 Å². The molecule has 5 nitrogen and oxygen atoms in total. The zero-order chi connectivity index (χ0) is 17.0. The number of nitrogens with zero attached hydrogens (tertiary/aromatic N) is 1. The van der Waals surface area contributed by atoms with E-state index < -0.39 is 29.2 Å². The zero-order valence-electron chi connectivity index (χ0n) is 13.1. The van der Waals surface area contributed by atoms with E-state index in [0.717, 1.165) is 18.2 Å². The highest BCUT2D eigenvalue weighted by atomic mass is 19.1. The van der Waals surface area contributed by atoms with Gasteiger partial charge in [-0.15, -0.1) is 0 Å². The van der Waals surface area contributed by atoms with Gasteiger partial charge in [0.15, 0.2) is 0 Å². The molecule has 2 rings (SSSR count). The summed E-state index contributed by atoms with van der Waals surface area (Å²) < 4.78 is 26.9. The Hall–Kier alpha value is -2.02. The maximum Gasteiger partial charge on any atom is 0.264 e. The molecule has 1 amide bonds. The molecule has 1 heterocycles. The average Bonchev–Trinajstić information content (AvgIpc) is 3.04. The summed E-state index contributed by atoms with van der Waals surface area (Å²) >= 11 is 0. The number of benzene rings is 1. The van der Waals surface area contributed by atoms with Crippen LogP contribution < -0.4 is 5.32 Å². The molecule has 0 aromatic heterocycles. The highest BCUT2D eigenvalue weighted by Gasteiger charge is 2.32. The summed E-state index contributed by atoms with van der Waals surface area (Å²) in [5.74, 6) is -1.66. The van der Waals surface area contributed by atoms with E-state index in [1.807, 2.05) is 13.8 Å². The predicted octanol–water partition coefficient (Wildman–Crippen LogP) is 2.13.